The zero-order valence-corrected chi connectivity index (χ0v) is 16.9. The maximum atomic E-state index is 14.9. The van der Waals surface area contributed by atoms with E-state index in [4.69, 9.17) is 12.2 Å². The highest BCUT2D eigenvalue weighted by Crippen LogP contribution is 2.53. The van der Waals surface area contributed by atoms with Crippen molar-refractivity contribution in [2.75, 3.05) is 4.90 Å². The molecule has 1 amide bonds. The minimum Gasteiger partial charge on any atom is -0.294 e. The van der Waals surface area contributed by atoms with E-state index in [2.05, 4.69) is 0 Å². The van der Waals surface area contributed by atoms with Crippen molar-refractivity contribution in [3.8, 4) is 11.1 Å². The van der Waals surface area contributed by atoms with E-state index >= 15 is 0 Å². The van der Waals surface area contributed by atoms with Crippen LogP contribution in [0.25, 0.3) is 11.1 Å². The van der Waals surface area contributed by atoms with E-state index in [1.165, 1.54) is 16.4 Å². The first kappa shape index (κ1) is 17.5. The van der Waals surface area contributed by atoms with Crippen molar-refractivity contribution in [1.82, 2.24) is 0 Å². The number of nitrogens with zero attached hydrogens (tertiary/aromatic N) is 1. The normalized spacial score (nSPS) is 14.7. The first-order chi connectivity index (χ1) is 12.3. The van der Waals surface area contributed by atoms with Crippen LogP contribution in [0.5, 0.6) is 0 Å². The first-order valence-electron chi connectivity index (χ1n) is 8.16. The fourth-order valence-corrected chi connectivity index (χ4v) is 6.68. The van der Waals surface area contributed by atoms with Gasteiger partial charge in [-0.2, -0.15) is 0 Å². The van der Waals surface area contributed by atoms with Crippen molar-refractivity contribution in [3.05, 3.63) is 68.1 Å². The van der Waals surface area contributed by atoms with Gasteiger partial charge in [-0.15, -0.1) is 0 Å². The van der Waals surface area contributed by atoms with Crippen molar-refractivity contribution >= 4 is 44.5 Å². The number of carbonyl (C=O) groups excluding carboxylic acids is 1. The van der Waals surface area contributed by atoms with Crippen LogP contribution in [0.4, 0.5) is 10.1 Å². The molecule has 0 atom stereocenters. The molecule has 0 bridgehead atoms. The van der Waals surface area contributed by atoms with Gasteiger partial charge in [0.2, 0.25) is 0 Å². The van der Waals surface area contributed by atoms with Crippen LogP contribution in [0.1, 0.15) is 34.6 Å². The second-order valence-corrected chi connectivity index (χ2v) is 9.68. The van der Waals surface area contributed by atoms with Crippen LogP contribution in [0.3, 0.4) is 0 Å². The molecule has 0 radical (unpaired) electrons. The van der Waals surface area contributed by atoms with Gasteiger partial charge in [-0.3, -0.25) is 9.69 Å². The van der Waals surface area contributed by atoms with Gasteiger partial charge in [0.05, 0.1) is 16.1 Å². The molecule has 26 heavy (non-hydrogen) atoms. The van der Waals surface area contributed by atoms with E-state index < -0.39 is 11.4 Å². The zero-order valence-electron chi connectivity index (χ0n) is 14.5. The third-order valence-electron chi connectivity index (χ3n) is 4.73. The molecule has 1 aliphatic heterocycles. The second kappa shape index (κ2) is 6.08. The number of aryl methyl sites for hydroxylation is 1. The molecule has 0 saturated heterocycles. The molecule has 0 fully saturated rings. The topological polar surface area (TPSA) is 20.3 Å². The third-order valence-corrected chi connectivity index (χ3v) is 8.06. The lowest BCUT2D eigenvalue weighted by atomic mass is 9.86. The van der Waals surface area contributed by atoms with Crippen molar-refractivity contribution in [2.24, 2.45) is 0 Å². The predicted molar refractivity (Wildman–Crippen MR) is 109 cm³/mol. The number of anilines is 1. The van der Waals surface area contributed by atoms with Crippen molar-refractivity contribution in [3.63, 3.8) is 0 Å². The van der Waals surface area contributed by atoms with Gasteiger partial charge in [-0.05, 0) is 39.0 Å². The highest BCUT2D eigenvalue weighted by Gasteiger charge is 2.44. The predicted octanol–water partition coefficient (Wildman–Crippen LogP) is 6.55. The van der Waals surface area contributed by atoms with Crippen LogP contribution in [0.15, 0.2) is 42.5 Å². The third kappa shape index (κ3) is 2.47. The van der Waals surface area contributed by atoms with E-state index in [1.807, 2.05) is 39.0 Å². The van der Waals surface area contributed by atoms with E-state index in [0.717, 1.165) is 19.8 Å². The Kier molecular flexibility index (Phi) is 4.10. The lowest BCUT2D eigenvalue weighted by Crippen LogP contribution is -2.48. The van der Waals surface area contributed by atoms with Crippen LogP contribution in [0.2, 0.25) is 0 Å². The average Bonchev–Trinajstić information content (AvgIpc) is 2.99. The maximum absolute atomic E-state index is 14.9. The minimum atomic E-state index is -0.690. The van der Waals surface area contributed by atoms with E-state index in [1.54, 1.807) is 33.4 Å². The molecule has 132 valence electrons. The second-order valence-electron chi connectivity index (χ2n) is 6.86. The molecule has 2 aromatic carbocycles. The number of para-hydroxylation sites is 1. The molecule has 0 spiro atoms. The minimum absolute atomic E-state index is 0.212. The van der Waals surface area contributed by atoms with Gasteiger partial charge in [0.1, 0.15) is 9.64 Å². The summed E-state index contributed by atoms with van der Waals surface area (Å²) in [5.41, 5.74) is 2.83. The van der Waals surface area contributed by atoms with Gasteiger partial charge >= 0.3 is 0 Å². The number of hydrogen-bond acceptors (Lipinski definition) is 4. The summed E-state index contributed by atoms with van der Waals surface area (Å²) >= 11 is 5.51. The van der Waals surface area contributed by atoms with Gasteiger partial charge in [-0.25, -0.2) is 4.39 Å². The Bertz CT molecular complexity index is 1080. The summed E-state index contributed by atoms with van der Waals surface area (Å²) in [5, 5.41) is 0. The Labute approximate surface area is 163 Å². The fourth-order valence-electron chi connectivity index (χ4n) is 3.40. The van der Waals surface area contributed by atoms with E-state index in [-0.39, 0.29) is 5.91 Å². The molecule has 2 heterocycles. The standard InChI is InChI=1S/C20H16FNOS3/c1-11-7-9-12(10-8-11)18(23)22-16-13(5-4-6-14(16)21)15-17(20(22,2)3)25-26-19(15)24/h4-10H,1-3H3. The summed E-state index contributed by atoms with van der Waals surface area (Å²) in [5.74, 6) is -0.622. The van der Waals surface area contributed by atoms with Gasteiger partial charge in [0.15, 0.2) is 0 Å². The Balaban J connectivity index is 2.00. The molecule has 0 N–H and O–H groups in total. The van der Waals surface area contributed by atoms with Crippen molar-refractivity contribution < 1.29 is 9.18 Å². The molecule has 3 aromatic rings. The Hall–Kier alpha value is -1.89. The number of amides is 1. The lowest BCUT2D eigenvalue weighted by molar-refractivity contribution is 0.0960. The van der Waals surface area contributed by atoms with E-state index in [0.29, 0.717) is 16.8 Å². The van der Waals surface area contributed by atoms with Crippen LogP contribution in [-0.2, 0) is 5.54 Å². The smallest absolute Gasteiger partial charge is 0.259 e. The quantitative estimate of drug-likeness (QED) is 0.340. The Morgan fingerprint density at radius 2 is 1.81 bits per heavy atom. The highest BCUT2D eigenvalue weighted by atomic mass is 32.9. The first-order valence-corrected chi connectivity index (χ1v) is 10.7. The number of fused-ring (bicyclic) bond motifs is 3. The largest absolute Gasteiger partial charge is 0.294 e. The van der Waals surface area contributed by atoms with Gasteiger partial charge < -0.3 is 0 Å². The summed E-state index contributed by atoms with van der Waals surface area (Å²) in [6.07, 6.45) is 0. The maximum Gasteiger partial charge on any atom is 0.259 e. The molecule has 0 saturated carbocycles. The zero-order chi connectivity index (χ0) is 18.6. The lowest BCUT2D eigenvalue weighted by Gasteiger charge is -2.43. The number of benzene rings is 2. The SMILES string of the molecule is Cc1ccc(C(=O)N2c3c(F)cccc3-c3c(ssc3=S)C2(C)C)cc1. The van der Waals surface area contributed by atoms with Gasteiger partial charge in [0, 0.05) is 16.7 Å². The van der Waals surface area contributed by atoms with Gasteiger partial charge in [0.25, 0.3) is 5.91 Å². The molecular weight excluding hydrogens is 385 g/mol. The van der Waals surface area contributed by atoms with Crippen LogP contribution in [-0.4, -0.2) is 5.91 Å². The fraction of sp³-hybridized carbons (Fsp3) is 0.200. The summed E-state index contributed by atoms with van der Waals surface area (Å²) < 4.78 is 15.7. The molecular formula is C20H16FNOS3. The number of carbonyl (C=O) groups is 1. The van der Waals surface area contributed by atoms with Crippen molar-refractivity contribution in [2.45, 2.75) is 26.3 Å². The Morgan fingerprint density at radius 3 is 2.50 bits per heavy atom. The molecule has 1 aliphatic rings. The molecule has 6 heteroatoms. The number of rotatable bonds is 1. The summed E-state index contributed by atoms with van der Waals surface area (Å²) in [4.78, 5) is 16.0. The summed E-state index contributed by atoms with van der Waals surface area (Å²) in [6.45, 7) is 5.87. The van der Waals surface area contributed by atoms with E-state index in [9.17, 15) is 9.18 Å². The Morgan fingerprint density at radius 1 is 1.12 bits per heavy atom. The van der Waals surface area contributed by atoms with Crippen molar-refractivity contribution in [1.29, 1.82) is 0 Å². The number of hydrogen-bond donors (Lipinski definition) is 0. The average molecular weight is 402 g/mol. The highest BCUT2D eigenvalue weighted by molar-refractivity contribution is 7.80. The number of halogens is 1. The van der Waals surface area contributed by atoms with Crippen LogP contribution < -0.4 is 4.90 Å². The molecule has 4 rings (SSSR count). The van der Waals surface area contributed by atoms with Crippen LogP contribution >= 0.6 is 32.9 Å². The summed E-state index contributed by atoms with van der Waals surface area (Å²) in [7, 11) is 3.07. The molecule has 2 nitrogen and oxygen atoms in total. The monoisotopic (exact) mass is 401 g/mol. The molecule has 0 aliphatic carbocycles. The van der Waals surface area contributed by atoms with Gasteiger partial charge in [-0.1, -0.05) is 62.7 Å². The molecule has 0 unspecified atom stereocenters. The summed E-state index contributed by atoms with van der Waals surface area (Å²) in [6, 6.07) is 12.3. The van der Waals surface area contributed by atoms with Crippen LogP contribution in [0, 0.1) is 16.6 Å². The molecule has 1 aromatic heterocycles.